The number of nitrogens with zero attached hydrogens (tertiary/aromatic N) is 1. The zero-order valence-corrected chi connectivity index (χ0v) is 11.8. The maximum atomic E-state index is 11.8. The standard InChI is InChI=1S/C14H28N2O/c1-11(13-9-7-5-6-8-10-13)15-12(2)14(17)16(3)4/h11-13,15H,5-10H2,1-4H3/t11-,12?/m1/s1. The van der Waals surface area contributed by atoms with E-state index < -0.39 is 0 Å². The molecule has 1 unspecified atom stereocenters. The van der Waals surface area contributed by atoms with Crippen LogP contribution in [-0.2, 0) is 4.79 Å². The van der Waals surface area contributed by atoms with E-state index >= 15 is 0 Å². The smallest absolute Gasteiger partial charge is 0.238 e. The lowest BCUT2D eigenvalue weighted by Crippen LogP contribution is -2.47. The Labute approximate surface area is 106 Å². The van der Waals surface area contributed by atoms with Crippen LogP contribution in [0.2, 0.25) is 0 Å². The molecular weight excluding hydrogens is 212 g/mol. The lowest BCUT2D eigenvalue weighted by molar-refractivity contribution is -0.130. The third-order valence-corrected chi connectivity index (χ3v) is 3.93. The summed E-state index contributed by atoms with van der Waals surface area (Å²) in [6, 6.07) is 0.384. The highest BCUT2D eigenvalue weighted by Crippen LogP contribution is 2.25. The molecule has 1 N–H and O–H groups in total. The van der Waals surface area contributed by atoms with Crippen LogP contribution >= 0.6 is 0 Å². The first kappa shape index (κ1) is 14.5. The van der Waals surface area contributed by atoms with Crippen molar-refractivity contribution in [3.63, 3.8) is 0 Å². The lowest BCUT2D eigenvalue weighted by atomic mass is 9.92. The summed E-state index contributed by atoms with van der Waals surface area (Å²) >= 11 is 0. The van der Waals surface area contributed by atoms with Crippen molar-refractivity contribution in [1.29, 1.82) is 0 Å². The second kappa shape index (κ2) is 7.00. The van der Waals surface area contributed by atoms with Gasteiger partial charge in [-0.3, -0.25) is 4.79 Å². The number of carbonyl (C=O) groups is 1. The quantitative estimate of drug-likeness (QED) is 0.765. The molecule has 1 aliphatic rings. The number of hydrogen-bond acceptors (Lipinski definition) is 2. The van der Waals surface area contributed by atoms with Gasteiger partial charge in [0, 0.05) is 20.1 Å². The van der Waals surface area contributed by atoms with Crippen LogP contribution in [0.25, 0.3) is 0 Å². The van der Waals surface area contributed by atoms with E-state index in [0.29, 0.717) is 6.04 Å². The summed E-state index contributed by atoms with van der Waals surface area (Å²) in [5.41, 5.74) is 0. The normalized spacial score (nSPS) is 21.6. The van der Waals surface area contributed by atoms with E-state index in [1.54, 1.807) is 4.90 Å². The van der Waals surface area contributed by atoms with Crippen molar-refractivity contribution in [2.24, 2.45) is 5.92 Å². The fourth-order valence-electron chi connectivity index (χ4n) is 2.80. The summed E-state index contributed by atoms with van der Waals surface area (Å²) in [6.45, 7) is 4.20. The summed E-state index contributed by atoms with van der Waals surface area (Å²) in [6.07, 6.45) is 8.11. The first-order chi connectivity index (χ1) is 8.02. The van der Waals surface area contributed by atoms with Crippen LogP contribution in [0, 0.1) is 5.92 Å². The van der Waals surface area contributed by atoms with Crippen LogP contribution in [0.3, 0.4) is 0 Å². The maximum absolute atomic E-state index is 11.8. The van der Waals surface area contributed by atoms with Crippen LogP contribution in [0.15, 0.2) is 0 Å². The molecule has 17 heavy (non-hydrogen) atoms. The highest BCUT2D eigenvalue weighted by molar-refractivity contribution is 5.80. The molecule has 0 radical (unpaired) electrons. The van der Waals surface area contributed by atoms with Gasteiger partial charge >= 0.3 is 0 Å². The van der Waals surface area contributed by atoms with E-state index in [0.717, 1.165) is 5.92 Å². The van der Waals surface area contributed by atoms with Gasteiger partial charge in [-0.05, 0) is 32.6 Å². The van der Waals surface area contributed by atoms with E-state index in [1.165, 1.54) is 38.5 Å². The fraction of sp³-hybridized carbons (Fsp3) is 0.929. The van der Waals surface area contributed by atoms with Crippen LogP contribution in [0.1, 0.15) is 52.4 Å². The second-order valence-electron chi connectivity index (χ2n) is 5.66. The molecular formula is C14H28N2O. The number of carbonyl (C=O) groups excluding carboxylic acids is 1. The Morgan fingerprint density at radius 2 is 1.65 bits per heavy atom. The summed E-state index contributed by atoms with van der Waals surface area (Å²) in [4.78, 5) is 13.5. The number of hydrogen-bond donors (Lipinski definition) is 1. The summed E-state index contributed by atoms with van der Waals surface area (Å²) in [7, 11) is 3.63. The zero-order chi connectivity index (χ0) is 12.8. The first-order valence-corrected chi connectivity index (χ1v) is 6.99. The minimum atomic E-state index is -0.0664. The Bertz CT molecular complexity index is 232. The summed E-state index contributed by atoms with van der Waals surface area (Å²) < 4.78 is 0. The van der Waals surface area contributed by atoms with Gasteiger partial charge in [0.05, 0.1) is 6.04 Å². The van der Waals surface area contributed by atoms with Gasteiger partial charge in [-0.2, -0.15) is 0 Å². The minimum Gasteiger partial charge on any atom is -0.347 e. The van der Waals surface area contributed by atoms with E-state index in [1.807, 2.05) is 21.0 Å². The molecule has 0 aromatic rings. The lowest BCUT2D eigenvalue weighted by Gasteiger charge is -2.27. The van der Waals surface area contributed by atoms with Gasteiger partial charge in [0.15, 0.2) is 0 Å². The topological polar surface area (TPSA) is 32.3 Å². The number of likely N-dealkylation sites (N-methyl/N-ethyl adjacent to an activating group) is 1. The van der Waals surface area contributed by atoms with Gasteiger partial charge in [-0.15, -0.1) is 0 Å². The highest BCUT2D eigenvalue weighted by atomic mass is 16.2. The van der Waals surface area contributed by atoms with Crippen molar-refractivity contribution in [2.75, 3.05) is 14.1 Å². The van der Waals surface area contributed by atoms with Gasteiger partial charge in [0.25, 0.3) is 0 Å². The van der Waals surface area contributed by atoms with Gasteiger partial charge in [0.2, 0.25) is 5.91 Å². The average molecular weight is 240 g/mol. The van der Waals surface area contributed by atoms with Crippen molar-refractivity contribution in [3.8, 4) is 0 Å². The number of nitrogens with one attached hydrogen (secondary N) is 1. The zero-order valence-electron chi connectivity index (χ0n) is 11.8. The van der Waals surface area contributed by atoms with Crippen molar-refractivity contribution in [2.45, 2.75) is 64.5 Å². The molecule has 1 saturated carbocycles. The van der Waals surface area contributed by atoms with Crippen LogP contribution in [0.4, 0.5) is 0 Å². The monoisotopic (exact) mass is 240 g/mol. The third kappa shape index (κ3) is 4.66. The molecule has 0 spiro atoms. The van der Waals surface area contributed by atoms with Crippen molar-refractivity contribution >= 4 is 5.91 Å². The SMILES string of the molecule is CC(N[C@H](C)C1CCCCCC1)C(=O)N(C)C. The Morgan fingerprint density at radius 3 is 2.12 bits per heavy atom. The van der Waals surface area contributed by atoms with E-state index in [2.05, 4.69) is 12.2 Å². The number of amides is 1. The Morgan fingerprint density at radius 1 is 1.12 bits per heavy atom. The van der Waals surface area contributed by atoms with Crippen molar-refractivity contribution in [1.82, 2.24) is 10.2 Å². The molecule has 0 aliphatic heterocycles. The predicted octanol–water partition coefficient (Wildman–Crippen LogP) is 2.41. The highest BCUT2D eigenvalue weighted by Gasteiger charge is 2.23. The second-order valence-corrected chi connectivity index (χ2v) is 5.66. The molecule has 0 saturated heterocycles. The third-order valence-electron chi connectivity index (χ3n) is 3.93. The van der Waals surface area contributed by atoms with Crippen molar-refractivity contribution < 1.29 is 4.79 Å². The largest absolute Gasteiger partial charge is 0.347 e. The molecule has 0 bridgehead atoms. The predicted molar refractivity (Wildman–Crippen MR) is 71.9 cm³/mol. The molecule has 100 valence electrons. The van der Waals surface area contributed by atoms with E-state index in [-0.39, 0.29) is 11.9 Å². The molecule has 0 heterocycles. The van der Waals surface area contributed by atoms with Gasteiger partial charge < -0.3 is 10.2 Å². The molecule has 1 amide bonds. The van der Waals surface area contributed by atoms with Crippen molar-refractivity contribution in [3.05, 3.63) is 0 Å². The Hall–Kier alpha value is -0.570. The van der Waals surface area contributed by atoms with Crippen LogP contribution in [0.5, 0.6) is 0 Å². The number of rotatable bonds is 4. The van der Waals surface area contributed by atoms with E-state index in [4.69, 9.17) is 0 Å². The average Bonchev–Trinajstić information content (AvgIpc) is 2.56. The van der Waals surface area contributed by atoms with Gasteiger partial charge in [-0.25, -0.2) is 0 Å². The molecule has 0 aromatic heterocycles. The molecule has 0 aromatic carbocycles. The molecule has 2 atom stereocenters. The minimum absolute atomic E-state index is 0.0664. The molecule has 1 fully saturated rings. The summed E-state index contributed by atoms with van der Waals surface area (Å²) in [5.74, 6) is 0.917. The van der Waals surface area contributed by atoms with E-state index in [9.17, 15) is 4.79 Å². The maximum Gasteiger partial charge on any atom is 0.238 e. The fourth-order valence-corrected chi connectivity index (χ4v) is 2.80. The molecule has 3 heteroatoms. The molecule has 3 nitrogen and oxygen atoms in total. The Kier molecular flexibility index (Phi) is 5.96. The van der Waals surface area contributed by atoms with Crippen LogP contribution < -0.4 is 5.32 Å². The molecule has 1 rings (SSSR count). The van der Waals surface area contributed by atoms with Gasteiger partial charge in [0.1, 0.15) is 0 Å². The first-order valence-electron chi connectivity index (χ1n) is 6.99. The Balaban J connectivity index is 2.41. The molecule has 1 aliphatic carbocycles. The van der Waals surface area contributed by atoms with Crippen LogP contribution in [-0.4, -0.2) is 37.0 Å². The van der Waals surface area contributed by atoms with Gasteiger partial charge in [-0.1, -0.05) is 25.7 Å². The summed E-state index contributed by atoms with van der Waals surface area (Å²) in [5, 5.41) is 3.47.